The highest BCUT2D eigenvalue weighted by Gasteiger charge is 2.26. The highest BCUT2D eigenvalue weighted by Crippen LogP contribution is 2.19. The van der Waals surface area contributed by atoms with Crippen LogP contribution in [-0.4, -0.2) is 35.5 Å². The average Bonchev–Trinajstić information content (AvgIpc) is 2.40. The third kappa shape index (κ3) is 3.70. The number of benzene rings is 1. The molecule has 0 spiro atoms. The average molecular weight is 262 g/mol. The number of nitrogens with one attached hydrogen (secondary N) is 1. The van der Waals surface area contributed by atoms with Gasteiger partial charge in [0, 0.05) is 25.6 Å². The van der Waals surface area contributed by atoms with Crippen LogP contribution in [0.2, 0.25) is 0 Å². The normalized spacial score (nSPS) is 23.1. The van der Waals surface area contributed by atoms with E-state index in [0.717, 1.165) is 24.9 Å². The summed E-state index contributed by atoms with van der Waals surface area (Å²) >= 11 is 0. The summed E-state index contributed by atoms with van der Waals surface area (Å²) in [6.07, 6.45) is 1.84. The van der Waals surface area contributed by atoms with Crippen molar-refractivity contribution in [2.45, 2.75) is 32.4 Å². The Morgan fingerprint density at radius 2 is 2.11 bits per heavy atom. The summed E-state index contributed by atoms with van der Waals surface area (Å²) < 4.78 is 0. The molecule has 0 aromatic heterocycles. The number of amides is 1. The summed E-state index contributed by atoms with van der Waals surface area (Å²) in [5.74, 6) is 0.615. The largest absolute Gasteiger partial charge is 0.508 e. The van der Waals surface area contributed by atoms with Crippen LogP contribution in [0.25, 0.3) is 0 Å². The zero-order valence-corrected chi connectivity index (χ0v) is 11.6. The number of nitrogens with zero attached hydrogens (tertiary/aromatic N) is 1. The lowest BCUT2D eigenvalue weighted by Crippen LogP contribution is -2.42. The quantitative estimate of drug-likeness (QED) is 0.872. The van der Waals surface area contributed by atoms with Crippen LogP contribution in [0.3, 0.4) is 0 Å². The summed E-state index contributed by atoms with van der Waals surface area (Å²) in [6, 6.07) is 7.43. The predicted octanol–water partition coefficient (Wildman–Crippen LogP) is 1.74. The molecule has 1 aliphatic rings. The molecule has 104 valence electrons. The fourth-order valence-corrected chi connectivity index (χ4v) is 2.62. The van der Waals surface area contributed by atoms with Gasteiger partial charge in [0.2, 0.25) is 5.91 Å². The summed E-state index contributed by atoms with van der Waals surface area (Å²) in [5, 5.41) is 12.6. The van der Waals surface area contributed by atoms with Gasteiger partial charge in [-0.2, -0.15) is 0 Å². The van der Waals surface area contributed by atoms with E-state index < -0.39 is 0 Å². The minimum absolute atomic E-state index is 0.137. The molecule has 1 fully saturated rings. The highest BCUT2D eigenvalue weighted by atomic mass is 16.3. The SMILES string of the molecule is CC1CC(C(=O)N(C)Cc2ccc(O)cc2)CCN1. The van der Waals surface area contributed by atoms with Crippen molar-refractivity contribution >= 4 is 5.91 Å². The van der Waals surface area contributed by atoms with Crippen molar-refractivity contribution in [1.29, 1.82) is 0 Å². The first-order chi connectivity index (χ1) is 9.06. The van der Waals surface area contributed by atoms with E-state index in [0.29, 0.717) is 12.6 Å². The van der Waals surface area contributed by atoms with Crippen LogP contribution < -0.4 is 5.32 Å². The van der Waals surface area contributed by atoms with E-state index in [-0.39, 0.29) is 17.6 Å². The second-order valence-electron chi connectivity index (χ2n) is 5.44. The van der Waals surface area contributed by atoms with Crippen molar-refractivity contribution in [3.8, 4) is 5.75 Å². The van der Waals surface area contributed by atoms with Gasteiger partial charge in [0.1, 0.15) is 5.75 Å². The van der Waals surface area contributed by atoms with E-state index in [4.69, 9.17) is 0 Å². The molecule has 1 heterocycles. The van der Waals surface area contributed by atoms with E-state index in [1.54, 1.807) is 17.0 Å². The Hall–Kier alpha value is -1.55. The molecule has 2 rings (SSSR count). The monoisotopic (exact) mass is 262 g/mol. The van der Waals surface area contributed by atoms with Gasteiger partial charge in [0.25, 0.3) is 0 Å². The highest BCUT2D eigenvalue weighted by molar-refractivity contribution is 5.78. The molecule has 4 heteroatoms. The number of carbonyl (C=O) groups is 1. The fraction of sp³-hybridized carbons (Fsp3) is 0.533. The van der Waals surface area contributed by atoms with Gasteiger partial charge < -0.3 is 15.3 Å². The van der Waals surface area contributed by atoms with Crippen molar-refractivity contribution in [2.75, 3.05) is 13.6 Å². The minimum atomic E-state index is 0.137. The zero-order chi connectivity index (χ0) is 13.8. The molecule has 0 aliphatic carbocycles. The molecule has 1 aliphatic heterocycles. The molecule has 19 heavy (non-hydrogen) atoms. The maximum atomic E-state index is 12.4. The second-order valence-corrected chi connectivity index (χ2v) is 5.44. The molecule has 2 unspecified atom stereocenters. The number of phenols is 1. The molecular weight excluding hydrogens is 240 g/mol. The van der Waals surface area contributed by atoms with Gasteiger partial charge in [-0.3, -0.25) is 4.79 Å². The zero-order valence-electron chi connectivity index (χ0n) is 11.6. The summed E-state index contributed by atoms with van der Waals surface area (Å²) in [6.45, 7) is 3.64. The van der Waals surface area contributed by atoms with Gasteiger partial charge in [-0.1, -0.05) is 12.1 Å². The van der Waals surface area contributed by atoms with Gasteiger partial charge in [0.15, 0.2) is 0 Å². The third-order valence-electron chi connectivity index (χ3n) is 3.71. The van der Waals surface area contributed by atoms with E-state index in [1.165, 1.54) is 0 Å². The number of piperidine rings is 1. The number of phenolic OH excluding ortho intramolecular Hbond substituents is 1. The smallest absolute Gasteiger partial charge is 0.225 e. The number of rotatable bonds is 3. The Balaban J connectivity index is 1.93. The molecular formula is C15H22N2O2. The van der Waals surface area contributed by atoms with Gasteiger partial charge in [0.05, 0.1) is 0 Å². The second kappa shape index (κ2) is 6.06. The van der Waals surface area contributed by atoms with Gasteiger partial charge in [-0.15, -0.1) is 0 Å². The van der Waals surface area contributed by atoms with Crippen LogP contribution in [0.4, 0.5) is 0 Å². The molecule has 1 aromatic carbocycles. The Bertz CT molecular complexity index is 430. The number of carbonyl (C=O) groups excluding carboxylic acids is 1. The van der Waals surface area contributed by atoms with Gasteiger partial charge in [-0.25, -0.2) is 0 Å². The molecule has 0 saturated carbocycles. The molecule has 1 aromatic rings. The van der Waals surface area contributed by atoms with Crippen LogP contribution in [-0.2, 0) is 11.3 Å². The molecule has 0 radical (unpaired) electrons. The van der Waals surface area contributed by atoms with E-state index in [9.17, 15) is 9.90 Å². The Labute approximate surface area is 114 Å². The van der Waals surface area contributed by atoms with Crippen molar-refractivity contribution in [1.82, 2.24) is 10.2 Å². The van der Waals surface area contributed by atoms with Crippen molar-refractivity contribution in [2.24, 2.45) is 5.92 Å². The summed E-state index contributed by atoms with van der Waals surface area (Å²) in [7, 11) is 1.85. The molecule has 4 nitrogen and oxygen atoms in total. The first-order valence-corrected chi connectivity index (χ1v) is 6.82. The number of aromatic hydroxyl groups is 1. The maximum Gasteiger partial charge on any atom is 0.225 e. The van der Waals surface area contributed by atoms with E-state index in [1.807, 2.05) is 19.2 Å². The Morgan fingerprint density at radius 3 is 2.74 bits per heavy atom. The first kappa shape index (κ1) is 13.9. The lowest BCUT2D eigenvalue weighted by Gasteiger charge is -2.30. The minimum Gasteiger partial charge on any atom is -0.508 e. The van der Waals surface area contributed by atoms with Gasteiger partial charge >= 0.3 is 0 Å². The lowest BCUT2D eigenvalue weighted by atomic mass is 9.92. The van der Waals surface area contributed by atoms with E-state index >= 15 is 0 Å². The summed E-state index contributed by atoms with van der Waals surface area (Å²) in [5.41, 5.74) is 1.04. The van der Waals surface area contributed by atoms with Crippen LogP contribution in [0, 0.1) is 5.92 Å². The van der Waals surface area contributed by atoms with Gasteiger partial charge in [-0.05, 0) is 44.0 Å². The topological polar surface area (TPSA) is 52.6 Å². The van der Waals surface area contributed by atoms with E-state index in [2.05, 4.69) is 12.2 Å². The molecule has 2 atom stereocenters. The lowest BCUT2D eigenvalue weighted by molar-refractivity contribution is -0.135. The fourth-order valence-electron chi connectivity index (χ4n) is 2.62. The van der Waals surface area contributed by atoms with Crippen LogP contribution in [0.1, 0.15) is 25.3 Å². The number of hydrogen-bond acceptors (Lipinski definition) is 3. The Kier molecular flexibility index (Phi) is 4.43. The Morgan fingerprint density at radius 1 is 1.42 bits per heavy atom. The van der Waals surface area contributed by atoms with Crippen LogP contribution in [0.15, 0.2) is 24.3 Å². The molecule has 0 bridgehead atoms. The van der Waals surface area contributed by atoms with Crippen molar-refractivity contribution < 1.29 is 9.90 Å². The predicted molar refractivity (Wildman–Crippen MR) is 74.8 cm³/mol. The first-order valence-electron chi connectivity index (χ1n) is 6.82. The van der Waals surface area contributed by atoms with Crippen molar-refractivity contribution in [3.05, 3.63) is 29.8 Å². The summed E-state index contributed by atoms with van der Waals surface area (Å²) in [4.78, 5) is 14.2. The van der Waals surface area contributed by atoms with Crippen LogP contribution in [0.5, 0.6) is 5.75 Å². The van der Waals surface area contributed by atoms with Crippen LogP contribution >= 0.6 is 0 Å². The maximum absolute atomic E-state index is 12.4. The molecule has 2 N–H and O–H groups in total. The molecule has 1 amide bonds. The standard InChI is InChI=1S/C15H22N2O2/c1-11-9-13(7-8-16-11)15(19)17(2)10-12-3-5-14(18)6-4-12/h3-6,11,13,16,18H,7-10H2,1-2H3. The van der Waals surface area contributed by atoms with Crippen molar-refractivity contribution in [3.63, 3.8) is 0 Å². The molecule has 1 saturated heterocycles. The third-order valence-corrected chi connectivity index (χ3v) is 3.71. The number of hydrogen-bond donors (Lipinski definition) is 2.